The molecule has 2 aromatic rings. The van der Waals surface area contributed by atoms with Crippen molar-refractivity contribution in [1.29, 1.82) is 0 Å². The number of fused-ring (bicyclic) bond motifs is 3. The minimum Gasteiger partial charge on any atom is -0.355 e. The molecule has 0 radical (unpaired) electrons. The first-order valence-corrected chi connectivity index (χ1v) is 7.70. The first kappa shape index (κ1) is 12.9. The van der Waals surface area contributed by atoms with Gasteiger partial charge >= 0.3 is 0 Å². The van der Waals surface area contributed by atoms with E-state index in [2.05, 4.69) is 73.3 Å². The molecule has 0 saturated carbocycles. The van der Waals surface area contributed by atoms with Crippen LogP contribution < -0.4 is 4.90 Å². The SMILES string of the molecule is CC12CCOC1(C)N(Cc1ccccc1)c1ccccc12. The van der Waals surface area contributed by atoms with E-state index in [-0.39, 0.29) is 11.1 Å². The quantitative estimate of drug-likeness (QED) is 0.820. The third kappa shape index (κ3) is 1.63. The van der Waals surface area contributed by atoms with Crippen LogP contribution in [0, 0.1) is 0 Å². The van der Waals surface area contributed by atoms with Gasteiger partial charge in [-0.3, -0.25) is 0 Å². The largest absolute Gasteiger partial charge is 0.355 e. The maximum Gasteiger partial charge on any atom is 0.148 e. The van der Waals surface area contributed by atoms with Crippen molar-refractivity contribution in [2.75, 3.05) is 11.5 Å². The number of hydrogen-bond donors (Lipinski definition) is 0. The number of rotatable bonds is 2. The standard InChI is InChI=1S/C19H21NO/c1-18-12-13-21-19(18,2)20(14-15-8-4-3-5-9-15)17-11-7-6-10-16(17)18/h3-11H,12-14H2,1-2H3. The van der Waals surface area contributed by atoms with Crippen LogP contribution in [0.25, 0.3) is 0 Å². The van der Waals surface area contributed by atoms with Crippen molar-refractivity contribution in [3.63, 3.8) is 0 Å². The molecule has 0 aliphatic carbocycles. The third-order valence-corrected chi connectivity index (χ3v) is 5.50. The first-order valence-electron chi connectivity index (χ1n) is 7.70. The summed E-state index contributed by atoms with van der Waals surface area (Å²) in [7, 11) is 0. The van der Waals surface area contributed by atoms with Gasteiger partial charge < -0.3 is 9.64 Å². The molecule has 0 N–H and O–H groups in total. The summed E-state index contributed by atoms with van der Waals surface area (Å²) in [5, 5.41) is 0. The summed E-state index contributed by atoms with van der Waals surface area (Å²) in [5.74, 6) is 0. The molecule has 2 heterocycles. The molecular weight excluding hydrogens is 258 g/mol. The summed E-state index contributed by atoms with van der Waals surface area (Å²) in [6.07, 6.45) is 1.09. The van der Waals surface area contributed by atoms with E-state index in [0.717, 1.165) is 19.6 Å². The molecule has 4 rings (SSSR count). The normalized spacial score (nSPS) is 30.3. The summed E-state index contributed by atoms with van der Waals surface area (Å²) < 4.78 is 6.26. The van der Waals surface area contributed by atoms with Gasteiger partial charge in [-0.2, -0.15) is 0 Å². The fraction of sp³-hybridized carbons (Fsp3) is 0.368. The molecule has 1 fully saturated rings. The molecular formula is C19H21NO. The second-order valence-electron chi connectivity index (χ2n) is 6.50. The van der Waals surface area contributed by atoms with Crippen LogP contribution in [0.3, 0.4) is 0 Å². The summed E-state index contributed by atoms with van der Waals surface area (Å²) in [6.45, 7) is 6.34. The van der Waals surface area contributed by atoms with Gasteiger partial charge in [-0.05, 0) is 30.5 Å². The van der Waals surface area contributed by atoms with Crippen molar-refractivity contribution in [3.05, 3.63) is 65.7 Å². The van der Waals surface area contributed by atoms with Gasteiger partial charge in [-0.15, -0.1) is 0 Å². The molecule has 2 nitrogen and oxygen atoms in total. The summed E-state index contributed by atoms with van der Waals surface area (Å²) in [6, 6.07) is 19.4. The zero-order chi connectivity index (χ0) is 14.5. The molecule has 2 aliphatic rings. The van der Waals surface area contributed by atoms with E-state index in [1.54, 1.807) is 0 Å². The topological polar surface area (TPSA) is 12.5 Å². The van der Waals surface area contributed by atoms with Gasteiger partial charge in [-0.1, -0.05) is 55.5 Å². The van der Waals surface area contributed by atoms with E-state index < -0.39 is 0 Å². The van der Waals surface area contributed by atoms with Gasteiger partial charge in [0.1, 0.15) is 5.72 Å². The minimum absolute atomic E-state index is 0.0817. The van der Waals surface area contributed by atoms with Gasteiger partial charge in [0.25, 0.3) is 0 Å². The maximum atomic E-state index is 6.26. The molecule has 0 bridgehead atoms. The lowest BCUT2D eigenvalue weighted by atomic mass is 9.76. The fourth-order valence-corrected chi connectivity index (χ4v) is 4.01. The smallest absolute Gasteiger partial charge is 0.148 e. The van der Waals surface area contributed by atoms with Crippen LogP contribution in [0.5, 0.6) is 0 Å². The number of anilines is 1. The number of ether oxygens (including phenoxy) is 1. The molecule has 21 heavy (non-hydrogen) atoms. The number of benzene rings is 2. The number of para-hydroxylation sites is 1. The van der Waals surface area contributed by atoms with Crippen LogP contribution in [0.2, 0.25) is 0 Å². The van der Waals surface area contributed by atoms with Gasteiger partial charge in [-0.25, -0.2) is 0 Å². The van der Waals surface area contributed by atoms with Crippen LogP contribution >= 0.6 is 0 Å². The molecule has 2 atom stereocenters. The third-order valence-electron chi connectivity index (χ3n) is 5.50. The van der Waals surface area contributed by atoms with Gasteiger partial charge in [0.15, 0.2) is 0 Å². The van der Waals surface area contributed by atoms with E-state index in [1.807, 2.05) is 0 Å². The van der Waals surface area contributed by atoms with Gasteiger partial charge in [0.2, 0.25) is 0 Å². The molecule has 0 amide bonds. The number of hydrogen-bond acceptors (Lipinski definition) is 2. The van der Waals surface area contributed by atoms with Crippen LogP contribution in [0.1, 0.15) is 31.4 Å². The van der Waals surface area contributed by atoms with Crippen LogP contribution in [0.4, 0.5) is 5.69 Å². The molecule has 0 aromatic heterocycles. The first-order chi connectivity index (χ1) is 10.2. The molecule has 2 heteroatoms. The Labute approximate surface area is 126 Å². The Kier molecular flexibility index (Phi) is 2.67. The van der Waals surface area contributed by atoms with Crippen LogP contribution in [-0.4, -0.2) is 12.3 Å². The van der Waals surface area contributed by atoms with Gasteiger partial charge in [0.05, 0.1) is 6.61 Å². The molecule has 1 saturated heterocycles. The molecule has 2 aromatic carbocycles. The van der Waals surface area contributed by atoms with Gasteiger partial charge in [0, 0.05) is 17.6 Å². The highest BCUT2D eigenvalue weighted by atomic mass is 16.5. The Morgan fingerprint density at radius 1 is 1.00 bits per heavy atom. The predicted molar refractivity (Wildman–Crippen MR) is 85.4 cm³/mol. The Morgan fingerprint density at radius 2 is 1.71 bits per heavy atom. The maximum absolute atomic E-state index is 6.26. The van der Waals surface area contributed by atoms with Crippen molar-refractivity contribution < 1.29 is 4.74 Å². The van der Waals surface area contributed by atoms with E-state index in [9.17, 15) is 0 Å². The fourth-order valence-electron chi connectivity index (χ4n) is 4.01. The van der Waals surface area contributed by atoms with Crippen molar-refractivity contribution in [3.8, 4) is 0 Å². The van der Waals surface area contributed by atoms with Crippen LogP contribution in [0.15, 0.2) is 54.6 Å². The van der Waals surface area contributed by atoms with E-state index in [1.165, 1.54) is 16.8 Å². The molecule has 2 aliphatic heterocycles. The summed E-state index contributed by atoms with van der Waals surface area (Å²) >= 11 is 0. The second kappa shape index (κ2) is 4.35. The molecule has 108 valence electrons. The predicted octanol–water partition coefficient (Wildman–Crippen LogP) is 4.10. The van der Waals surface area contributed by atoms with Crippen molar-refractivity contribution in [1.82, 2.24) is 0 Å². The molecule has 2 unspecified atom stereocenters. The Balaban J connectivity index is 1.82. The van der Waals surface area contributed by atoms with Crippen molar-refractivity contribution in [2.45, 2.75) is 38.0 Å². The van der Waals surface area contributed by atoms with E-state index in [0.29, 0.717) is 0 Å². The lowest BCUT2D eigenvalue weighted by molar-refractivity contribution is -0.00899. The number of nitrogens with zero attached hydrogens (tertiary/aromatic N) is 1. The zero-order valence-electron chi connectivity index (χ0n) is 12.7. The highest BCUT2D eigenvalue weighted by Crippen LogP contribution is 2.57. The minimum atomic E-state index is -0.244. The Hall–Kier alpha value is -1.80. The van der Waals surface area contributed by atoms with Crippen molar-refractivity contribution in [2.24, 2.45) is 0 Å². The van der Waals surface area contributed by atoms with E-state index in [4.69, 9.17) is 4.74 Å². The Bertz CT molecular complexity index is 668. The monoisotopic (exact) mass is 279 g/mol. The average Bonchev–Trinajstić information content (AvgIpc) is 2.91. The molecule has 0 spiro atoms. The summed E-state index contributed by atoms with van der Waals surface area (Å²) in [5.41, 5.74) is 3.92. The highest BCUT2D eigenvalue weighted by Gasteiger charge is 2.60. The summed E-state index contributed by atoms with van der Waals surface area (Å²) in [4.78, 5) is 2.45. The van der Waals surface area contributed by atoms with Crippen LogP contribution in [-0.2, 0) is 16.7 Å². The average molecular weight is 279 g/mol. The second-order valence-corrected chi connectivity index (χ2v) is 6.50. The zero-order valence-corrected chi connectivity index (χ0v) is 12.7. The highest BCUT2D eigenvalue weighted by molar-refractivity contribution is 5.66. The Morgan fingerprint density at radius 3 is 2.52 bits per heavy atom. The van der Waals surface area contributed by atoms with Crippen molar-refractivity contribution >= 4 is 5.69 Å². The lowest BCUT2D eigenvalue weighted by Crippen LogP contribution is -2.52. The van der Waals surface area contributed by atoms with E-state index >= 15 is 0 Å². The lowest BCUT2D eigenvalue weighted by Gasteiger charge is -2.41.